The molecule has 0 unspecified atom stereocenters. The number of hydrogen-bond acceptors (Lipinski definition) is 3. The highest BCUT2D eigenvalue weighted by Gasteiger charge is 2.14. The summed E-state index contributed by atoms with van der Waals surface area (Å²) in [5.41, 5.74) is 5.85. The van der Waals surface area contributed by atoms with Crippen LogP contribution in [-0.2, 0) is 0 Å². The SMILES string of the molecule is N=C1C=C2C=c3ccc([nH]3)=Cc3ccc([nH]3)C=C3C=CC(=N3)C=C1N2. The van der Waals surface area contributed by atoms with Crippen LogP contribution in [0.1, 0.15) is 11.4 Å². The first kappa shape index (κ1) is 13.8. The first-order chi connectivity index (χ1) is 12.2. The van der Waals surface area contributed by atoms with Gasteiger partial charge in [-0.3, -0.25) is 5.41 Å². The average Bonchev–Trinajstić information content (AvgIpc) is 3.33. The molecule has 5 nitrogen and oxygen atoms in total. The summed E-state index contributed by atoms with van der Waals surface area (Å²) >= 11 is 0. The van der Waals surface area contributed by atoms with E-state index in [4.69, 9.17) is 5.41 Å². The van der Waals surface area contributed by atoms with E-state index in [-0.39, 0.29) is 0 Å². The fraction of sp³-hybridized carbons (Fsp3) is 0. The van der Waals surface area contributed by atoms with Crippen LogP contribution in [0.15, 0.2) is 70.7 Å². The summed E-state index contributed by atoms with van der Waals surface area (Å²) < 4.78 is 0. The van der Waals surface area contributed by atoms with Crippen molar-refractivity contribution in [2.45, 2.75) is 0 Å². The van der Waals surface area contributed by atoms with Crippen molar-refractivity contribution in [3.05, 3.63) is 87.7 Å². The number of allylic oxidation sites excluding steroid dienone is 5. The van der Waals surface area contributed by atoms with E-state index in [0.717, 1.165) is 44.9 Å². The van der Waals surface area contributed by atoms with E-state index in [2.05, 4.69) is 26.4 Å². The van der Waals surface area contributed by atoms with Crippen LogP contribution in [0.25, 0.3) is 18.2 Å². The molecule has 0 atom stereocenters. The van der Waals surface area contributed by atoms with Gasteiger partial charge in [0.1, 0.15) is 0 Å². The van der Waals surface area contributed by atoms with Gasteiger partial charge in [0.2, 0.25) is 0 Å². The molecule has 0 amide bonds. The molecular formula is C20H15N5. The largest absolute Gasteiger partial charge is 0.355 e. The third-order valence-corrected chi connectivity index (χ3v) is 4.23. The summed E-state index contributed by atoms with van der Waals surface area (Å²) in [6.07, 6.45) is 13.7. The number of aliphatic imine (C=N–C) groups is 1. The van der Waals surface area contributed by atoms with Crippen LogP contribution in [0.3, 0.4) is 0 Å². The van der Waals surface area contributed by atoms with E-state index in [1.54, 1.807) is 0 Å². The average molecular weight is 325 g/mol. The zero-order chi connectivity index (χ0) is 16.8. The molecule has 0 radical (unpaired) electrons. The Labute approximate surface area is 143 Å². The molecule has 0 spiro atoms. The summed E-state index contributed by atoms with van der Waals surface area (Å²) in [4.78, 5) is 11.3. The van der Waals surface area contributed by atoms with E-state index in [1.165, 1.54) is 0 Å². The normalized spacial score (nSPS) is 17.8. The zero-order valence-electron chi connectivity index (χ0n) is 13.3. The molecule has 0 aliphatic carbocycles. The minimum absolute atomic E-state index is 0.455. The minimum atomic E-state index is 0.455. The number of nitrogens with zero attached hydrogens (tertiary/aromatic N) is 1. The van der Waals surface area contributed by atoms with Crippen molar-refractivity contribution in [3.63, 3.8) is 0 Å². The number of aromatic amines is 2. The first-order valence-corrected chi connectivity index (χ1v) is 8.07. The predicted octanol–water partition coefficient (Wildman–Crippen LogP) is 1.71. The van der Waals surface area contributed by atoms with Crippen LogP contribution in [0.2, 0.25) is 0 Å². The van der Waals surface area contributed by atoms with Crippen LogP contribution < -0.4 is 16.0 Å². The van der Waals surface area contributed by atoms with Crippen molar-refractivity contribution < 1.29 is 0 Å². The number of fused-ring (bicyclic) bond motifs is 7. The second-order valence-electron chi connectivity index (χ2n) is 6.16. The lowest BCUT2D eigenvalue weighted by molar-refractivity contribution is 1.11. The van der Waals surface area contributed by atoms with Crippen LogP contribution >= 0.6 is 0 Å². The van der Waals surface area contributed by atoms with Gasteiger partial charge in [0.25, 0.3) is 0 Å². The molecule has 2 aromatic rings. The summed E-state index contributed by atoms with van der Waals surface area (Å²) in [6, 6.07) is 8.15. The number of aromatic nitrogens is 2. The van der Waals surface area contributed by atoms with Gasteiger partial charge in [0.15, 0.2) is 0 Å². The van der Waals surface area contributed by atoms with Crippen molar-refractivity contribution in [3.8, 4) is 0 Å². The maximum atomic E-state index is 8.15. The highest BCUT2D eigenvalue weighted by molar-refractivity contribution is 6.17. The molecule has 5 heteroatoms. The van der Waals surface area contributed by atoms with Crippen LogP contribution in [-0.4, -0.2) is 21.4 Å². The quantitative estimate of drug-likeness (QED) is 0.584. The van der Waals surface area contributed by atoms with Crippen molar-refractivity contribution in [1.29, 1.82) is 5.41 Å². The topological polar surface area (TPSA) is 79.8 Å². The van der Waals surface area contributed by atoms with E-state index in [0.29, 0.717) is 5.71 Å². The number of nitrogens with one attached hydrogen (secondary N) is 4. The maximum absolute atomic E-state index is 8.15. The molecule has 0 saturated carbocycles. The molecule has 3 aliphatic rings. The van der Waals surface area contributed by atoms with Gasteiger partial charge in [-0.1, -0.05) is 0 Å². The first-order valence-electron chi connectivity index (χ1n) is 8.07. The molecular weight excluding hydrogens is 310 g/mol. The van der Waals surface area contributed by atoms with E-state index in [1.807, 2.05) is 60.7 Å². The number of rotatable bonds is 0. The Balaban J connectivity index is 1.71. The second kappa shape index (κ2) is 5.21. The fourth-order valence-corrected chi connectivity index (χ4v) is 3.08. The van der Waals surface area contributed by atoms with Gasteiger partial charge in [0.05, 0.1) is 22.8 Å². The van der Waals surface area contributed by atoms with Gasteiger partial charge in [-0.25, -0.2) is 4.99 Å². The van der Waals surface area contributed by atoms with Crippen LogP contribution in [0, 0.1) is 5.41 Å². The molecule has 4 N–H and O–H groups in total. The molecule has 0 aromatic carbocycles. The Hall–Kier alpha value is -3.60. The predicted molar refractivity (Wildman–Crippen MR) is 100 cm³/mol. The van der Waals surface area contributed by atoms with Crippen molar-refractivity contribution in [1.82, 2.24) is 15.3 Å². The van der Waals surface area contributed by atoms with Gasteiger partial charge in [-0.05, 0) is 66.8 Å². The summed E-state index contributed by atoms with van der Waals surface area (Å²) in [7, 11) is 0. The van der Waals surface area contributed by atoms with Crippen LogP contribution in [0.4, 0.5) is 0 Å². The molecule has 3 aliphatic heterocycles. The monoisotopic (exact) mass is 325 g/mol. The molecule has 2 aromatic heterocycles. The molecule has 5 rings (SSSR count). The molecule has 5 heterocycles. The fourth-order valence-electron chi connectivity index (χ4n) is 3.08. The standard InChI is InChI=1S/C20H15N5/c21-19-10-18-9-16-4-3-14(23-16)7-12-1-2-13(22-12)8-15-5-6-17(24-15)11-20(19)25-18/h1-11,21-23,25H. The van der Waals surface area contributed by atoms with Crippen molar-refractivity contribution >= 4 is 29.7 Å². The molecule has 0 fully saturated rings. The Morgan fingerprint density at radius 2 is 1.56 bits per heavy atom. The van der Waals surface area contributed by atoms with Gasteiger partial charge < -0.3 is 15.3 Å². The zero-order valence-corrected chi connectivity index (χ0v) is 13.3. The third-order valence-electron chi connectivity index (χ3n) is 4.23. The van der Waals surface area contributed by atoms with E-state index >= 15 is 0 Å². The Morgan fingerprint density at radius 1 is 0.760 bits per heavy atom. The highest BCUT2D eigenvalue weighted by atomic mass is 14.9. The lowest BCUT2D eigenvalue weighted by Gasteiger charge is -2.01. The molecule has 120 valence electrons. The number of H-pyrrole nitrogens is 2. The lowest BCUT2D eigenvalue weighted by atomic mass is 10.2. The molecule has 0 saturated heterocycles. The van der Waals surface area contributed by atoms with E-state index in [9.17, 15) is 0 Å². The lowest BCUT2D eigenvalue weighted by Crippen LogP contribution is -2.14. The second-order valence-corrected chi connectivity index (χ2v) is 6.16. The Morgan fingerprint density at radius 3 is 2.44 bits per heavy atom. The summed E-state index contributed by atoms with van der Waals surface area (Å²) in [5.74, 6) is 0. The molecule has 25 heavy (non-hydrogen) atoms. The summed E-state index contributed by atoms with van der Waals surface area (Å²) in [6.45, 7) is 0. The minimum Gasteiger partial charge on any atom is -0.355 e. The third kappa shape index (κ3) is 2.61. The van der Waals surface area contributed by atoms with Gasteiger partial charge in [-0.2, -0.15) is 0 Å². The smallest absolute Gasteiger partial charge is 0.0796 e. The maximum Gasteiger partial charge on any atom is 0.0796 e. The highest BCUT2D eigenvalue weighted by Crippen LogP contribution is 2.17. The summed E-state index contributed by atoms with van der Waals surface area (Å²) in [5, 5.41) is 13.4. The van der Waals surface area contributed by atoms with Gasteiger partial charge in [-0.15, -0.1) is 0 Å². The van der Waals surface area contributed by atoms with Crippen LogP contribution in [0.5, 0.6) is 0 Å². The van der Waals surface area contributed by atoms with E-state index < -0.39 is 0 Å². The number of hydrogen-bond donors (Lipinski definition) is 4. The van der Waals surface area contributed by atoms with Crippen molar-refractivity contribution in [2.24, 2.45) is 4.99 Å². The Bertz CT molecular complexity index is 1170. The van der Waals surface area contributed by atoms with Gasteiger partial charge in [0, 0.05) is 27.8 Å². The molecule has 8 bridgehead atoms. The Kier molecular flexibility index (Phi) is 2.87. The van der Waals surface area contributed by atoms with Crippen molar-refractivity contribution in [2.75, 3.05) is 0 Å². The van der Waals surface area contributed by atoms with Gasteiger partial charge >= 0.3 is 0 Å².